The molecule has 0 aliphatic heterocycles. The van der Waals surface area contributed by atoms with Crippen LogP contribution in [0.15, 0.2) is 24.5 Å². The third-order valence-electron chi connectivity index (χ3n) is 3.09. The normalized spacial score (nSPS) is 10.9. The molecular formula is C15H21N5O. The zero-order chi connectivity index (χ0) is 15.4. The maximum Gasteiger partial charge on any atom is 0.164 e. The molecule has 0 saturated heterocycles. The monoisotopic (exact) mass is 287 g/mol. The lowest BCUT2D eigenvalue weighted by atomic mass is 10.1. The van der Waals surface area contributed by atoms with Gasteiger partial charge in [-0.25, -0.2) is 9.67 Å². The van der Waals surface area contributed by atoms with Crippen LogP contribution in [0.4, 0.5) is 0 Å². The van der Waals surface area contributed by atoms with E-state index in [1.807, 2.05) is 23.7 Å². The van der Waals surface area contributed by atoms with Gasteiger partial charge in [-0.2, -0.15) is 5.10 Å². The standard InChI is InChI=1S/C15H21N5O/c1-10(2)7-20-14(18-9-19-20)8-21-13-6-12(15(16)17)5-4-11(13)3/h4-6,9-10H,7-8H2,1-3H3,(H3,16,17). The van der Waals surface area contributed by atoms with Gasteiger partial charge in [0.1, 0.15) is 24.5 Å². The van der Waals surface area contributed by atoms with E-state index in [1.54, 1.807) is 12.4 Å². The maximum atomic E-state index is 7.48. The average Bonchev–Trinajstić information content (AvgIpc) is 2.84. The molecule has 0 atom stereocenters. The number of hydrogen-bond donors (Lipinski definition) is 2. The van der Waals surface area contributed by atoms with E-state index in [0.717, 1.165) is 17.9 Å². The van der Waals surface area contributed by atoms with Crippen molar-refractivity contribution in [1.82, 2.24) is 14.8 Å². The first-order valence-corrected chi connectivity index (χ1v) is 6.92. The fourth-order valence-corrected chi connectivity index (χ4v) is 1.96. The fourth-order valence-electron chi connectivity index (χ4n) is 1.96. The Morgan fingerprint density at radius 3 is 2.86 bits per heavy atom. The van der Waals surface area contributed by atoms with Crippen LogP contribution in [0.25, 0.3) is 0 Å². The maximum absolute atomic E-state index is 7.48. The SMILES string of the molecule is Cc1ccc(C(=N)N)cc1OCc1ncnn1CC(C)C. The smallest absolute Gasteiger partial charge is 0.164 e. The van der Waals surface area contributed by atoms with Gasteiger partial charge in [-0.15, -0.1) is 0 Å². The number of nitrogens with two attached hydrogens (primary N) is 1. The van der Waals surface area contributed by atoms with Crippen LogP contribution in [-0.4, -0.2) is 20.6 Å². The molecule has 0 aliphatic rings. The van der Waals surface area contributed by atoms with Crippen molar-refractivity contribution in [3.8, 4) is 5.75 Å². The Balaban J connectivity index is 2.11. The third-order valence-corrected chi connectivity index (χ3v) is 3.09. The Labute approximate surface area is 124 Å². The van der Waals surface area contributed by atoms with E-state index < -0.39 is 0 Å². The molecule has 2 rings (SSSR count). The number of nitrogen functional groups attached to an aromatic ring is 1. The summed E-state index contributed by atoms with van der Waals surface area (Å²) in [5.41, 5.74) is 7.15. The molecule has 0 amide bonds. The molecule has 1 aromatic carbocycles. The first kappa shape index (κ1) is 15.0. The lowest BCUT2D eigenvalue weighted by Crippen LogP contribution is -2.13. The summed E-state index contributed by atoms with van der Waals surface area (Å²) in [6, 6.07) is 5.48. The lowest BCUT2D eigenvalue weighted by molar-refractivity contribution is 0.281. The predicted molar refractivity (Wildman–Crippen MR) is 81.4 cm³/mol. The van der Waals surface area contributed by atoms with Crippen molar-refractivity contribution in [2.75, 3.05) is 0 Å². The van der Waals surface area contributed by atoms with Crippen LogP contribution >= 0.6 is 0 Å². The molecule has 6 heteroatoms. The van der Waals surface area contributed by atoms with Crippen molar-refractivity contribution in [2.45, 2.75) is 33.9 Å². The highest BCUT2D eigenvalue weighted by molar-refractivity contribution is 5.95. The number of ether oxygens (including phenoxy) is 1. The second-order valence-electron chi connectivity index (χ2n) is 5.43. The van der Waals surface area contributed by atoms with Gasteiger partial charge >= 0.3 is 0 Å². The van der Waals surface area contributed by atoms with Crippen LogP contribution in [-0.2, 0) is 13.2 Å². The number of aromatic nitrogens is 3. The molecule has 1 heterocycles. The topological polar surface area (TPSA) is 89.8 Å². The van der Waals surface area contributed by atoms with E-state index in [-0.39, 0.29) is 5.84 Å². The molecule has 0 bridgehead atoms. The number of amidine groups is 1. The van der Waals surface area contributed by atoms with E-state index in [9.17, 15) is 0 Å². The summed E-state index contributed by atoms with van der Waals surface area (Å²) in [5.74, 6) is 2.02. The summed E-state index contributed by atoms with van der Waals surface area (Å²) in [5, 5.41) is 11.7. The summed E-state index contributed by atoms with van der Waals surface area (Å²) >= 11 is 0. The molecule has 0 unspecified atom stereocenters. The Kier molecular flexibility index (Phi) is 4.57. The summed E-state index contributed by atoms with van der Waals surface area (Å²) in [4.78, 5) is 4.23. The van der Waals surface area contributed by atoms with Crippen molar-refractivity contribution in [3.05, 3.63) is 41.5 Å². The van der Waals surface area contributed by atoms with E-state index in [4.69, 9.17) is 15.9 Å². The Hall–Kier alpha value is -2.37. The average molecular weight is 287 g/mol. The van der Waals surface area contributed by atoms with Gasteiger partial charge in [0.15, 0.2) is 5.82 Å². The minimum Gasteiger partial charge on any atom is -0.485 e. The van der Waals surface area contributed by atoms with Gasteiger partial charge in [0, 0.05) is 12.1 Å². The first-order valence-electron chi connectivity index (χ1n) is 6.92. The fraction of sp³-hybridized carbons (Fsp3) is 0.400. The highest BCUT2D eigenvalue weighted by Gasteiger charge is 2.09. The summed E-state index contributed by atoms with van der Waals surface area (Å²) in [7, 11) is 0. The molecule has 0 spiro atoms. The minimum atomic E-state index is 0.0304. The van der Waals surface area contributed by atoms with E-state index in [2.05, 4.69) is 23.9 Å². The van der Waals surface area contributed by atoms with Crippen LogP contribution in [0.5, 0.6) is 5.75 Å². The first-order chi connectivity index (χ1) is 9.97. The molecule has 1 aromatic heterocycles. The van der Waals surface area contributed by atoms with Crippen LogP contribution in [0.2, 0.25) is 0 Å². The zero-order valence-electron chi connectivity index (χ0n) is 12.6. The molecule has 0 saturated carbocycles. The number of nitrogens with zero attached hydrogens (tertiary/aromatic N) is 3. The molecule has 3 N–H and O–H groups in total. The molecule has 21 heavy (non-hydrogen) atoms. The number of rotatable bonds is 6. The number of aryl methyl sites for hydroxylation is 1. The second-order valence-corrected chi connectivity index (χ2v) is 5.43. The van der Waals surface area contributed by atoms with Crippen molar-refractivity contribution < 1.29 is 4.74 Å². The lowest BCUT2D eigenvalue weighted by Gasteiger charge is -2.12. The van der Waals surface area contributed by atoms with Gasteiger partial charge in [0.2, 0.25) is 0 Å². The number of nitrogens with one attached hydrogen (secondary N) is 1. The third kappa shape index (κ3) is 3.81. The Morgan fingerprint density at radius 1 is 1.43 bits per heavy atom. The van der Waals surface area contributed by atoms with Gasteiger partial charge in [-0.05, 0) is 24.5 Å². The van der Waals surface area contributed by atoms with E-state index in [0.29, 0.717) is 23.8 Å². The summed E-state index contributed by atoms with van der Waals surface area (Å²) < 4.78 is 7.67. The quantitative estimate of drug-likeness (QED) is 0.629. The van der Waals surface area contributed by atoms with E-state index in [1.165, 1.54) is 0 Å². The second kappa shape index (κ2) is 6.39. The largest absolute Gasteiger partial charge is 0.485 e. The molecule has 0 aliphatic carbocycles. The van der Waals surface area contributed by atoms with Gasteiger partial charge in [-0.3, -0.25) is 5.41 Å². The van der Waals surface area contributed by atoms with Gasteiger partial charge in [0.05, 0.1) is 0 Å². The van der Waals surface area contributed by atoms with Gasteiger partial charge in [0.25, 0.3) is 0 Å². The van der Waals surface area contributed by atoms with Crippen LogP contribution in [0.3, 0.4) is 0 Å². The van der Waals surface area contributed by atoms with Crippen molar-refractivity contribution in [3.63, 3.8) is 0 Å². The number of hydrogen-bond acceptors (Lipinski definition) is 4. The molecule has 0 radical (unpaired) electrons. The van der Waals surface area contributed by atoms with Crippen LogP contribution < -0.4 is 10.5 Å². The Morgan fingerprint density at radius 2 is 2.19 bits per heavy atom. The van der Waals surface area contributed by atoms with Crippen molar-refractivity contribution in [1.29, 1.82) is 5.41 Å². The molecule has 6 nitrogen and oxygen atoms in total. The zero-order valence-corrected chi connectivity index (χ0v) is 12.6. The predicted octanol–water partition coefficient (Wildman–Crippen LogP) is 2.11. The number of benzene rings is 1. The van der Waals surface area contributed by atoms with Crippen molar-refractivity contribution in [2.24, 2.45) is 11.7 Å². The highest BCUT2D eigenvalue weighted by Crippen LogP contribution is 2.20. The van der Waals surface area contributed by atoms with Gasteiger partial charge < -0.3 is 10.5 Å². The van der Waals surface area contributed by atoms with Gasteiger partial charge in [-0.1, -0.05) is 26.0 Å². The highest BCUT2D eigenvalue weighted by atomic mass is 16.5. The minimum absolute atomic E-state index is 0.0304. The van der Waals surface area contributed by atoms with Crippen molar-refractivity contribution >= 4 is 5.84 Å². The molecule has 112 valence electrons. The Bertz CT molecular complexity index is 633. The summed E-state index contributed by atoms with van der Waals surface area (Å²) in [6.45, 7) is 7.37. The van der Waals surface area contributed by atoms with Crippen LogP contribution in [0.1, 0.15) is 30.8 Å². The molecule has 0 fully saturated rings. The molecular weight excluding hydrogens is 266 g/mol. The van der Waals surface area contributed by atoms with E-state index >= 15 is 0 Å². The summed E-state index contributed by atoms with van der Waals surface area (Å²) in [6.07, 6.45) is 1.54. The van der Waals surface area contributed by atoms with Crippen LogP contribution in [0, 0.1) is 18.3 Å². The molecule has 2 aromatic rings.